The van der Waals surface area contributed by atoms with E-state index in [1.54, 1.807) is 0 Å². The van der Waals surface area contributed by atoms with Gasteiger partial charge in [0.1, 0.15) is 6.54 Å². The van der Waals surface area contributed by atoms with Crippen molar-refractivity contribution in [1.82, 2.24) is 14.9 Å². The molecule has 1 rings (SSSR count). The highest BCUT2D eigenvalue weighted by Gasteiger charge is 2.04. The van der Waals surface area contributed by atoms with Crippen LogP contribution in [0.25, 0.3) is 0 Å². The Morgan fingerprint density at radius 3 is 2.76 bits per heavy atom. The van der Waals surface area contributed by atoms with Crippen molar-refractivity contribution in [3.05, 3.63) is 33.1 Å². The van der Waals surface area contributed by atoms with Crippen LogP contribution >= 0.6 is 0 Å². The molecule has 2 N–H and O–H groups in total. The van der Waals surface area contributed by atoms with E-state index in [-0.39, 0.29) is 12.5 Å². The number of amides is 1. The summed E-state index contributed by atoms with van der Waals surface area (Å²) in [4.78, 5) is 35.6. The van der Waals surface area contributed by atoms with Crippen LogP contribution in [0.4, 0.5) is 0 Å². The number of H-pyrrole nitrogens is 1. The minimum atomic E-state index is -0.573. The number of aromatic amines is 1. The summed E-state index contributed by atoms with van der Waals surface area (Å²) in [5.41, 5.74) is -1.04. The molecule has 1 aromatic heterocycles. The predicted molar refractivity (Wildman–Crippen MR) is 63.8 cm³/mol. The van der Waals surface area contributed by atoms with Crippen LogP contribution in [-0.4, -0.2) is 22.0 Å². The molecule has 0 atom stereocenters. The molecule has 0 aliphatic carbocycles. The second kappa shape index (κ2) is 6.03. The van der Waals surface area contributed by atoms with E-state index < -0.39 is 11.2 Å². The van der Waals surface area contributed by atoms with Gasteiger partial charge in [-0.3, -0.25) is 19.1 Å². The SMILES string of the molecule is CC(C)CCNC(=O)Cn1ccc(=O)[nH]c1=O. The van der Waals surface area contributed by atoms with Gasteiger partial charge in [-0.15, -0.1) is 0 Å². The maximum Gasteiger partial charge on any atom is 0.328 e. The second-order valence-electron chi connectivity index (χ2n) is 4.27. The summed E-state index contributed by atoms with van der Waals surface area (Å²) in [6.07, 6.45) is 2.20. The maximum atomic E-state index is 11.5. The summed E-state index contributed by atoms with van der Waals surface area (Å²) in [5.74, 6) is 0.283. The molecule has 0 saturated carbocycles. The highest BCUT2D eigenvalue weighted by molar-refractivity contribution is 5.75. The van der Waals surface area contributed by atoms with Crippen molar-refractivity contribution in [2.75, 3.05) is 6.54 Å². The minimum Gasteiger partial charge on any atom is -0.355 e. The molecule has 0 radical (unpaired) electrons. The first kappa shape index (κ1) is 13.2. The lowest BCUT2D eigenvalue weighted by Gasteiger charge is -2.08. The van der Waals surface area contributed by atoms with Crippen molar-refractivity contribution >= 4 is 5.91 Å². The molecule has 1 aromatic rings. The number of aromatic nitrogens is 2. The van der Waals surface area contributed by atoms with Crippen LogP contribution in [0.1, 0.15) is 20.3 Å². The summed E-state index contributed by atoms with van der Waals surface area (Å²) in [6.45, 7) is 4.65. The lowest BCUT2D eigenvalue weighted by atomic mass is 10.1. The molecule has 1 heterocycles. The third-order valence-corrected chi connectivity index (χ3v) is 2.25. The first-order valence-corrected chi connectivity index (χ1v) is 5.55. The van der Waals surface area contributed by atoms with Gasteiger partial charge >= 0.3 is 5.69 Å². The number of nitrogens with zero attached hydrogens (tertiary/aromatic N) is 1. The average Bonchev–Trinajstić information content (AvgIpc) is 2.21. The van der Waals surface area contributed by atoms with Gasteiger partial charge in [-0.2, -0.15) is 0 Å². The van der Waals surface area contributed by atoms with E-state index in [9.17, 15) is 14.4 Å². The van der Waals surface area contributed by atoms with Crippen LogP contribution in [0.3, 0.4) is 0 Å². The van der Waals surface area contributed by atoms with E-state index >= 15 is 0 Å². The Morgan fingerprint density at radius 2 is 2.18 bits per heavy atom. The molecule has 0 unspecified atom stereocenters. The third-order valence-electron chi connectivity index (χ3n) is 2.25. The number of carbonyl (C=O) groups is 1. The van der Waals surface area contributed by atoms with Crippen LogP contribution in [0.5, 0.6) is 0 Å². The molecule has 0 fully saturated rings. The van der Waals surface area contributed by atoms with E-state index in [0.717, 1.165) is 11.0 Å². The van der Waals surface area contributed by atoms with Crippen molar-refractivity contribution in [1.29, 1.82) is 0 Å². The zero-order valence-electron chi connectivity index (χ0n) is 10.0. The molecule has 6 nitrogen and oxygen atoms in total. The van der Waals surface area contributed by atoms with Crippen LogP contribution in [0.2, 0.25) is 0 Å². The topological polar surface area (TPSA) is 84.0 Å². The number of hydrogen-bond donors (Lipinski definition) is 2. The van der Waals surface area contributed by atoms with Crippen LogP contribution in [0, 0.1) is 5.92 Å². The Morgan fingerprint density at radius 1 is 1.47 bits per heavy atom. The molecule has 0 bridgehead atoms. The predicted octanol–water partition coefficient (Wildman–Crippen LogP) is -0.301. The molecule has 94 valence electrons. The number of hydrogen-bond acceptors (Lipinski definition) is 3. The van der Waals surface area contributed by atoms with Gasteiger partial charge in [0.15, 0.2) is 0 Å². The van der Waals surface area contributed by atoms with E-state index in [4.69, 9.17) is 0 Å². The quantitative estimate of drug-likeness (QED) is 0.739. The molecule has 6 heteroatoms. The summed E-state index contributed by atoms with van der Waals surface area (Å²) in [7, 11) is 0. The van der Waals surface area contributed by atoms with Gasteiger partial charge in [0.25, 0.3) is 5.56 Å². The summed E-state index contributed by atoms with van der Waals surface area (Å²) < 4.78 is 1.16. The second-order valence-corrected chi connectivity index (χ2v) is 4.27. The molecule has 0 aliphatic heterocycles. The highest BCUT2D eigenvalue weighted by atomic mass is 16.2. The fourth-order valence-electron chi connectivity index (χ4n) is 1.28. The first-order chi connectivity index (χ1) is 7.99. The van der Waals surface area contributed by atoms with Gasteiger partial charge in [-0.05, 0) is 12.3 Å². The van der Waals surface area contributed by atoms with Gasteiger partial charge in [-0.1, -0.05) is 13.8 Å². The first-order valence-electron chi connectivity index (χ1n) is 5.55. The molecular weight excluding hydrogens is 222 g/mol. The number of rotatable bonds is 5. The van der Waals surface area contributed by atoms with E-state index in [0.29, 0.717) is 12.5 Å². The molecule has 0 saturated heterocycles. The van der Waals surface area contributed by atoms with E-state index in [1.165, 1.54) is 12.3 Å². The summed E-state index contributed by atoms with van der Waals surface area (Å²) in [6, 6.07) is 1.21. The molecule has 0 aliphatic rings. The Balaban J connectivity index is 2.51. The Hall–Kier alpha value is -1.85. The zero-order valence-corrected chi connectivity index (χ0v) is 10.0. The van der Waals surface area contributed by atoms with E-state index in [2.05, 4.69) is 24.1 Å². The minimum absolute atomic E-state index is 0.0757. The fraction of sp³-hybridized carbons (Fsp3) is 0.545. The van der Waals surface area contributed by atoms with Gasteiger partial charge in [0, 0.05) is 18.8 Å². The fourth-order valence-corrected chi connectivity index (χ4v) is 1.28. The summed E-state index contributed by atoms with van der Waals surface area (Å²) >= 11 is 0. The lowest BCUT2D eigenvalue weighted by Crippen LogP contribution is -2.35. The molecule has 0 spiro atoms. The number of carbonyl (C=O) groups excluding carboxylic acids is 1. The van der Waals surface area contributed by atoms with Crippen molar-refractivity contribution in [3.8, 4) is 0 Å². The standard InChI is InChI=1S/C11H17N3O3/c1-8(2)3-5-12-10(16)7-14-6-4-9(15)13-11(14)17/h4,6,8H,3,5,7H2,1-2H3,(H,12,16)(H,13,15,17). The van der Waals surface area contributed by atoms with E-state index in [1.807, 2.05) is 0 Å². The largest absolute Gasteiger partial charge is 0.355 e. The number of nitrogens with one attached hydrogen (secondary N) is 2. The Kier molecular flexibility index (Phi) is 4.68. The maximum absolute atomic E-state index is 11.5. The molecule has 0 aromatic carbocycles. The average molecular weight is 239 g/mol. The Labute approximate surface area is 98.7 Å². The van der Waals surface area contributed by atoms with Crippen LogP contribution in [0.15, 0.2) is 21.9 Å². The normalized spacial score (nSPS) is 10.5. The van der Waals surface area contributed by atoms with Gasteiger partial charge < -0.3 is 5.32 Å². The van der Waals surface area contributed by atoms with Crippen LogP contribution in [-0.2, 0) is 11.3 Å². The molecule has 1 amide bonds. The smallest absolute Gasteiger partial charge is 0.328 e. The lowest BCUT2D eigenvalue weighted by molar-refractivity contribution is -0.121. The highest BCUT2D eigenvalue weighted by Crippen LogP contribution is 1.96. The van der Waals surface area contributed by atoms with Crippen molar-refractivity contribution < 1.29 is 4.79 Å². The van der Waals surface area contributed by atoms with Gasteiger partial charge in [0.05, 0.1) is 0 Å². The monoisotopic (exact) mass is 239 g/mol. The van der Waals surface area contributed by atoms with Crippen molar-refractivity contribution in [2.45, 2.75) is 26.8 Å². The van der Waals surface area contributed by atoms with Crippen LogP contribution < -0.4 is 16.6 Å². The summed E-state index contributed by atoms with van der Waals surface area (Å²) in [5, 5.41) is 2.71. The zero-order chi connectivity index (χ0) is 12.8. The van der Waals surface area contributed by atoms with Gasteiger partial charge in [-0.25, -0.2) is 4.79 Å². The molecule has 17 heavy (non-hydrogen) atoms. The molecular formula is C11H17N3O3. The van der Waals surface area contributed by atoms with Gasteiger partial charge in [0.2, 0.25) is 5.91 Å². The van der Waals surface area contributed by atoms with Crippen molar-refractivity contribution in [3.63, 3.8) is 0 Å². The van der Waals surface area contributed by atoms with Crippen molar-refractivity contribution in [2.24, 2.45) is 5.92 Å². The third kappa shape index (κ3) is 4.67. The Bertz CT molecular complexity index is 487.